The van der Waals surface area contributed by atoms with Gasteiger partial charge in [0.1, 0.15) is 0 Å². The Bertz CT molecular complexity index is 2890. The molecule has 0 atom stereocenters. The van der Waals surface area contributed by atoms with Crippen molar-refractivity contribution >= 4 is 32.3 Å². The summed E-state index contributed by atoms with van der Waals surface area (Å²) in [5, 5.41) is 7.65. The lowest BCUT2D eigenvalue weighted by Crippen LogP contribution is -2.21. The number of hydrogen-bond acceptors (Lipinski definition) is 0. The maximum atomic E-state index is 2.55. The molecule has 11 rings (SSSR count). The third kappa shape index (κ3) is 4.14. The molecule has 0 saturated carbocycles. The number of fused-ring (bicyclic) bond motifs is 9. The van der Waals surface area contributed by atoms with Crippen molar-refractivity contribution in [2.24, 2.45) is 0 Å². The summed E-state index contributed by atoms with van der Waals surface area (Å²) in [5.41, 5.74) is 18.6. The van der Waals surface area contributed by atoms with Gasteiger partial charge in [-0.2, -0.15) is 0 Å². The quantitative estimate of drug-likeness (QED) is 0.162. The molecule has 256 valence electrons. The van der Waals surface area contributed by atoms with Gasteiger partial charge in [0.05, 0.1) is 0 Å². The third-order valence-corrected chi connectivity index (χ3v) is 12.8. The topological polar surface area (TPSA) is 0 Å². The Hall–Kier alpha value is -6.24. The molecule has 0 heteroatoms. The highest BCUT2D eigenvalue weighted by Crippen LogP contribution is 2.61. The van der Waals surface area contributed by atoms with E-state index in [0.717, 1.165) is 0 Å². The molecule has 0 aliphatic heterocycles. The van der Waals surface area contributed by atoms with E-state index in [9.17, 15) is 0 Å². The van der Waals surface area contributed by atoms with Crippen LogP contribution in [0.15, 0.2) is 170 Å². The molecule has 2 aliphatic carbocycles. The van der Waals surface area contributed by atoms with Crippen LogP contribution < -0.4 is 0 Å². The van der Waals surface area contributed by atoms with Gasteiger partial charge in [-0.05, 0) is 128 Å². The molecule has 0 fully saturated rings. The molecule has 0 heterocycles. The molecule has 0 nitrogen and oxygen atoms in total. The fourth-order valence-corrected chi connectivity index (χ4v) is 10.5. The summed E-state index contributed by atoms with van der Waals surface area (Å²) in [4.78, 5) is 0. The first-order valence-electron chi connectivity index (χ1n) is 19.3. The Balaban J connectivity index is 1.31. The van der Waals surface area contributed by atoms with E-state index in [-0.39, 0.29) is 10.8 Å². The fraction of sp³-hybridized carbons (Fsp3) is 0.111. The zero-order valence-corrected chi connectivity index (χ0v) is 31.2. The standard InChI is InChI=1S/C54H40/c1-53(2)46-28-16-14-22-37(46)44-32-45-38-23-15-17-29-47(38)54(3,4)52(45)49(51(44)53)35-30-34-20-8-9-21-36(34)43(31-35)50-41-26-12-10-24-39(41)48(33-18-6-5-7-19-33)40-25-11-13-27-42(40)50/h5-32H,1-4H3. The van der Waals surface area contributed by atoms with E-state index in [4.69, 9.17) is 0 Å². The van der Waals surface area contributed by atoms with Crippen LogP contribution in [-0.4, -0.2) is 0 Å². The average molecular weight is 689 g/mol. The summed E-state index contributed by atoms with van der Waals surface area (Å²) in [5.74, 6) is 0. The summed E-state index contributed by atoms with van der Waals surface area (Å²) >= 11 is 0. The van der Waals surface area contributed by atoms with Gasteiger partial charge in [-0.25, -0.2) is 0 Å². The summed E-state index contributed by atoms with van der Waals surface area (Å²) in [6.45, 7) is 9.75. The zero-order chi connectivity index (χ0) is 36.3. The Kier molecular flexibility index (Phi) is 6.46. The molecular formula is C54H40. The van der Waals surface area contributed by atoms with Crippen molar-refractivity contribution in [2.75, 3.05) is 0 Å². The van der Waals surface area contributed by atoms with Gasteiger partial charge in [0.25, 0.3) is 0 Å². The second-order valence-corrected chi connectivity index (χ2v) is 16.4. The van der Waals surface area contributed by atoms with Gasteiger partial charge >= 0.3 is 0 Å². The molecule has 0 unspecified atom stereocenters. The first-order chi connectivity index (χ1) is 26.3. The number of benzene rings is 9. The Morgan fingerprint density at radius 2 is 0.741 bits per heavy atom. The van der Waals surface area contributed by atoms with E-state index in [1.54, 1.807) is 0 Å². The molecule has 2 aliphatic rings. The van der Waals surface area contributed by atoms with Crippen molar-refractivity contribution in [3.63, 3.8) is 0 Å². The highest BCUT2D eigenvalue weighted by Gasteiger charge is 2.45. The van der Waals surface area contributed by atoms with Gasteiger partial charge in [-0.1, -0.05) is 179 Å². The Labute approximate surface area is 317 Å². The van der Waals surface area contributed by atoms with E-state index in [1.165, 1.54) is 110 Å². The van der Waals surface area contributed by atoms with Crippen molar-refractivity contribution in [3.8, 4) is 55.6 Å². The fourth-order valence-electron chi connectivity index (χ4n) is 10.5. The van der Waals surface area contributed by atoms with Gasteiger partial charge in [-0.3, -0.25) is 0 Å². The first kappa shape index (κ1) is 31.3. The van der Waals surface area contributed by atoms with Crippen LogP contribution in [0.25, 0.3) is 88.0 Å². The van der Waals surface area contributed by atoms with Crippen molar-refractivity contribution < 1.29 is 0 Å². The lowest BCUT2D eigenvalue weighted by molar-refractivity contribution is 0.642. The second kappa shape index (κ2) is 11.1. The highest BCUT2D eigenvalue weighted by atomic mass is 14.5. The molecule has 9 aromatic rings. The van der Waals surface area contributed by atoms with Crippen LogP contribution >= 0.6 is 0 Å². The summed E-state index contributed by atoms with van der Waals surface area (Å²) in [6, 6.07) is 63.8. The van der Waals surface area contributed by atoms with Crippen molar-refractivity contribution in [2.45, 2.75) is 38.5 Å². The average Bonchev–Trinajstić information content (AvgIpc) is 3.58. The van der Waals surface area contributed by atoms with Crippen molar-refractivity contribution in [1.82, 2.24) is 0 Å². The molecule has 0 N–H and O–H groups in total. The molecule has 0 amide bonds. The molecule has 0 radical (unpaired) electrons. The van der Waals surface area contributed by atoms with E-state index in [0.29, 0.717) is 0 Å². The summed E-state index contributed by atoms with van der Waals surface area (Å²) in [7, 11) is 0. The molecule has 0 saturated heterocycles. The molecule has 0 bridgehead atoms. The van der Waals surface area contributed by atoms with Crippen LogP contribution in [0.5, 0.6) is 0 Å². The maximum Gasteiger partial charge on any atom is 0.0165 e. The van der Waals surface area contributed by atoms with Gasteiger partial charge in [0.2, 0.25) is 0 Å². The molecule has 54 heavy (non-hydrogen) atoms. The van der Waals surface area contributed by atoms with Gasteiger partial charge in [0.15, 0.2) is 0 Å². The van der Waals surface area contributed by atoms with Crippen LogP contribution in [0.4, 0.5) is 0 Å². The Morgan fingerprint density at radius 3 is 1.30 bits per heavy atom. The van der Waals surface area contributed by atoms with Crippen LogP contribution in [0.3, 0.4) is 0 Å². The minimum absolute atomic E-state index is 0.177. The molecular weight excluding hydrogens is 649 g/mol. The molecule has 0 spiro atoms. The predicted octanol–water partition coefficient (Wildman–Crippen LogP) is 14.8. The first-order valence-corrected chi connectivity index (χ1v) is 19.3. The van der Waals surface area contributed by atoms with E-state index >= 15 is 0 Å². The van der Waals surface area contributed by atoms with Crippen LogP contribution in [0.2, 0.25) is 0 Å². The van der Waals surface area contributed by atoms with Crippen molar-refractivity contribution in [1.29, 1.82) is 0 Å². The normalized spacial score (nSPS) is 14.6. The van der Waals surface area contributed by atoms with E-state index < -0.39 is 0 Å². The minimum atomic E-state index is -0.177. The third-order valence-electron chi connectivity index (χ3n) is 12.8. The largest absolute Gasteiger partial charge is 0.0622 e. The maximum absolute atomic E-state index is 2.55. The van der Waals surface area contributed by atoms with E-state index in [1.807, 2.05) is 0 Å². The molecule has 9 aromatic carbocycles. The van der Waals surface area contributed by atoms with Crippen LogP contribution in [-0.2, 0) is 10.8 Å². The predicted molar refractivity (Wildman–Crippen MR) is 230 cm³/mol. The lowest BCUT2D eigenvalue weighted by Gasteiger charge is -2.31. The summed E-state index contributed by atoms with van der Waals surface area (Å²) < 4.78 is 0. The zero-order valence-electron chi connectivity index (χ0n) is 31.2. The van der Waals surface area contributed by atoms with Crippen LogP contribution in [0, 0.1) is 0 Å². The smallest absolute Gasteiger partial charge is 0.0165 e. The summed E-state index contributed by atoms with van der Waals surface area (Å²) in [6.07, 6.45) is 0. The monoisotopic (exact) mass is 688 g/mol. The Morgan fingerprint density at radius 1 is 0.296 bits per heavy atom. The van der Waals surface area contributed by atoms with E-state index in [2.05, 4.69) is 198 Å². The number of rotatable bonds is 3. The molecule has 0 aromatic heterocycles. The minimum Gasteiger partial charge on any atom is -0.0622 e. The highest BCUT2D eigenvalue weighted by molar-refractivity contribution is 6.24. The van der Waals surface area contributed by atoms with Gasteiger partial charge < -0.3 is 0 Å². The lowest BCUT2D eigenvalue weighted by atomic mass is 9.71. The SMILES string of the molecule is CC1(C)c2ccccc2-c2cc3c(c(-c4cc(-c5c6ccccc6c(-c6ccccc6)c6ccccc56)c5ccccc5c4)c21)C(C)(C)c1ccccc1-3. The van der Waals surface area contributed by atoms with Gasteiger partial charge in [0, 0.05) is 10.8 Å². The van der Waals surface area contributed by atoms with Crippen molar-refractivity contribution in [3.05, 3.63) is 192 Å². The number of hydrogen-bond donors (Lipinski definition) is 0. The van der Waals surface area contributed by atoms with Crippen LogP contribution in [0.1, 0.15) is 49.9 Å². The second-order valence-electron chi connectivity index (χ2n) is 16.4. The van der Waals surface area contributed by atoms with Gasteiger partial charge in [-0.15, -0.1) is 0 Å².